The van der Waals surface area contributed by atoms with Crippen LogP contribution in [-0.2, 0) is 16.6 Å². The maximum Gasteiger partial charge on any atom is 0.283 e. The van der Waals surface area contributed by atoms with Crippen LogP contribution < -0.4 is 5.73 Å². The largest absolute Gasteiger partial charge is 0.387 e. The van der Waals surface area contributed by atoms with Crippen molar-refractivity contribution in [2.45, 2.75) is 37.2 Å². The number of hydrogen-bond donors (Lipinski definition) is 1. The minimum atomic E-state index is -3.78. The number of nitrogens with two attached hydrogens (primary N) is 1. The fourth-order valence-electron chi connectivity index (χ4n) is 4.17. The predicted molar refractivity (Wildman–Crippen MR) is 119 cm³/mol. The second kappa shape index (κ2) is 7.97. The molecule has 0 amide bonds. The molecule has 1 aliphatic rings. The van der Waals surface area contributed by atoms with Crippen molar-refractivity contribution < 1.29 is 9.84 Å². The Labute approximate surface area is 173 Å². The molecule has 1 heterocycles. The van der Waals surface area contributed by atoms with E-state index in [9.17, 15) is 8.42 Å². The molecular weight excluding hydrogens is 382 g/mol. The van der Waals surface area contributed by atoms with E-state index in [0.29, 0.717) is 6.04 Å². The number of likely N-dealkylation sites (tertiary alicyclic amines) is 1. The van der Waals surface area contributed by atoms with E-state index in [0.717, 1.165) is 36.7 Å². The van der Waals surface area contributed by atoms with E-state index < -0.39 is 10.0 Å². The zero-order chi connectivity index (χ0) is 20.4. The van der Waals surface area contributed by atoms with Crippen molar-refractivity contribution in [3.05, 3.63) is 77.9 Å². The number of rotatable bonds is 5. The molecule has 5 nitrogen and oxygen atoms in total. The first-order valence-corrected chi connectivity index (χ1v) is 11.3. The average Bonchev–Trinajstić information content (AvgIpc) is 3.14. The maximum absolute atomic E-state index is 12.4. The molecule has 2 N–H and O–H groups in total. The molecule has 1 unspecified atom stereocenters. The zero-order valence-electron chi connectivity index (χ0n) is 16.5. The quantitative estimate of drug-likeness (QED) is 0.498. The van der Waals surface area contributed by atoms with Gasteiger partial charge in [-0.05, 0) is 60.3 Å². The number of benzene rings is 3. The summed E-state index contributed by atoms with van der Waals surface area (Å²) in [5.74, 6) is 0.0290. The summed E-state index contributed by atoms with van der Waals surface area (Å²) < 4.78 is 28.4. The van der Waals surface area contributed by atoms with Gasteiger partial charge in [-0.1, -0.05) is 54.6 Å². The van der Waals surface area contributed by atoms with Gasteiger partial charge in [0, 0.05) is 14.0 Å². The van der Waals surface area contributed by atoms with Crippen LogP contribution in [0, 0.1) is 0 Å². The van der Waals surface area contributed by atoms with Gasteiger partial charge in [-0.15, -0.1) is 4.40 Å². The zero-order valence-corrected chi connectivity index (χ0v) is 17.3. The summed E-state index contributed by atoms with van der Waals surface area (Å²) in [6.45, 7) is 3.45. The summed E-state index contributed by atoms with van der Waals surface area (Å²) in [4.78, 5) is 2.68. The highest BCUT2D eigenvalue weighted by molar-refractivity contribution is 7.90. The van der Waals surface area contributed by atoms with Crippen molar-refractivity contribution in [3.8, 4) is 0 Å². The van der Waals surface area contributed by atoms with Crippen LogP contribution in [0.2, 0.25) is 0 Å². The Balaban J connectivity index is 0.00000256. The van der Waals surface area contributed by atoms with E-state index in [4.69, 9.17) is 5.73 Å². The molecule has 3 aromatic carbocycles. The number of hydrogen-bond acceptors (Lipinski definition) is 3. The van der Waals surface area contributed by atoms with Gasteiger partial charge < -0.3 is 5.73 Å². The number of amidine groups is 1. The Bertz CT molecular complexity index is 1160. The van der Waals surface area contributed by atoms with Crippen molar-refractivity contribution in [3.63, 3.8) is 0 Å². The van der Waals surface area contributed by atoms with Crippen LogP contribution in [0.3, 0.4) is 0 Å². The van der Waals surface area contributed by atoms with E-state index in [1.165, 1.54) is 18.1 Å². The second-order valence-electron chi connectivity index (χ2n) is 7.55. The lowest BCUT2D eigenvalue weighted by Crippen LogP contribution is -2.22. The van der Waals surface area contributed by atoms with Crippen LogP contribution in [0.15, 0.2) is 76.0 Å². The molecular formula is C23H27N3O2S. The smallest absolute Gasteiger partial charge is 0.283 e. The molecule has 1 aliphatic heterocycles. The predicted octanol–water partition coefficient (Wildman–Crippen LogP) is 4.49. The molecule has 1 atom stereocenters. The van der Waals surface area contributed by atoms with Crippen molar-refractivity contribution >= 4 is 26.6 Å². The van der Waals surface area contributed by atoms with E-state index in [1.807, 2.05) is 24.3 Å². The Morgan fingerprint density at radius 3 is 2.69 bits per heavy atom. The molecule has 29 heavy (non-hydrogen) atoms. The fourth-order valence-corrected chi connectivity index (χ4v) is 5.17. The molecule has 0 bridgehead atoms. The van der Waals surface area contributed by atoms with Crippen LogP contribution in [-0.4, -0.2) is 25.7 Å². The van der Waals surface area contributed by atoms with Gasteiger partial charge in [0.25, 0.3) is 10.0 Å². The van der Waals surface area contributed by atoms with Crippen LogP contribution in [0.5, 0.6) is 0 Å². The molecule has 6 heteroatoms. The van der Waals surface area contributed by atoms with Crippen LogP contribution in [0.1, 0.15) is 38.4 Å². The first-order valence-electron chi connectivity index (χ1n) is 9.82. The summed E-state index contributed by atoms with van der Waals surface area (Å²) in [6.07, 6.45) is 2.26. The highest BCUT2D eigenvalue weighted by Crippen LogP contribution is 2.37. The summed E-state index contributed by atoms with van der Waals surface area (Å²) in [5, 5.41) is 1.99. The van der Waals surface area contributed by atoms with Gasteiger partial charge in [0.05, 0.1) is 4.90 Å². The normalized spacial score (nSPS) is 18.4. The fraction of sp³-hybridized carbons (Fsp3) is 0.261. The topological polar surface area (TPSA) is 75.8 Å². The van der Waals surface area contributed by atoms with E-state index in [2.05, 4.69) is 39.6 Å². The first kappa shape index (κ1) is 19.6. The summed E-state index contributed by atoms with van der Waals surface area (Å²) >= 11 is 0. The van der Waals surface area contributed by atoms with Crippen molar-refractivity contribution in [1.82, 2.24) is 4.90 Å². The minimum Gasteiger partial charge on any atom is -0.387 e. The molecule has 0 radical (unpaired) electrons. The molecule has 3 aromatic rings. The van der Waals surface area contributed by atoms with Gasteiger partial charge in [-0.2, -0.15) is 8.42 Å². The molecule has 0 spiro atoms. The molecule has 1 fully saturated rings. The Morgan fingerprint density at radius 2 is 1.93 bits per heavy atom. The van der Waals surface area contributed by atoms with E-state index in [-0.39, 0.29) is 12.2 Å². The standard InChI is InChI=1S/C23H25N3O2S.H2/c1-17(24)25-29(27,28)20-12-13-21-19(15-20)9-5-10-22(21)23-11-6-14-26(23)16-18-7-3-2-4-8-18;/h2-5,7-10,12-13,15,23H,6,11,14,16H2,1H3,(H2,24,25);1H. The maximum atomic E-state index is 12.4. The SMILES string of the molecule is C/C(N)=N/S(=O)(=O)c1ccc2c(C3CCCN3Cc3ccccc3)cccc2c1.[HH]. The number of sulfonamides is 1. The lowest BCUT2D eigenvalue weighted by Gasteiger charge is -2.26. The van der Waals surface area contributed by atoms with Crippen molar-refractivity contribution in [2.75, 3.05) is 6.54 Å². The van der Waals surface area contributed by atoms with Crippen molar-refractivity contribution in [2.24, 2.45) is 10.1 Å². The van der Waals surface area contributed by atoms with Crippen LogP contribution in [0.4, 0.5) is 0 Å². The van der Waals surface area contributed by atoms with Gasteiger partial charge in [-0.3, -0.25) is 4.90 Å². The third kappa shape index (κ3) is 4.18. The van der Waals surface area contributed by atoms with E-state index in [1.54, 1.807) is 12.1 Å². The Hall–Kier alpha value is -2.70. The second-order valence-corrected chi connectivity index (χ2v) is 9.16. The first-order chi connectivity index (χ1) is 13.9. The third-order valence-corrected chi connectivity index (χ3v) is 6.78. The molecule has 0 saturated carbocycles. The van der Waals surface area contributed by atoms with Gasteiger partial charge in [0.15, 0.2) is 0 Å². The highest BCUT2D eigenvalue weighted by atomic mass is 32.2. The summed E-state index contributed by atoms with van der Waals surface area (Å²) in [7, 11) is -3.78. The van der Waals surface area contributed by atoms with Crippen LogP contribution in [0.25, 0.3) is 10.8 Å². The average molecular weight is 410 g/mol. The Kier molecular flexibility index (Phi) is 5.39. The third-order valence-electron chi connectivity index (χ3n) is 5.40. The molecule has 152 valence electrons. The minimum absolute atomic E-state index is 0. The van der Waals surface area contributed by atoms with Crippen LogP contribution >= 0.6 is 0 Å². The lowest BCUT2D eigenvalue weighted by atomic mass is 9.97. The summed E-state index contributed by atoms with van der Waals surface area (Å²) in [6, 6.07) is 22.2. The van der Waals surface area contributed by atoms with Gasteiger partial charge in [-0.25, -0.2) is 0 Å². The van der Waals surface area contributed by atoms with Gasteiger partial charge >= 0.3 is 0 Å². The van der Waals surface area contributed by atoms with Gasteiger partial charge in [0.1, 0.15) is 5.84 Å². The van der Waals surface area contributed by atoms with Gasteiger partial charge in [0.2, 0.25) is 0 Å². The molecule has 0 aromatic heterocycles. The summed E-state index contributed by atoms with van der Waals surface area (Å²) in [5.41, 5.74) is 8.04. The molecule has 0 aliphatic carbocycles. The lowest BCUT2D eigenvalue weighted by molar-refractivity contribution is 0.250. The highest BCUT2D eigenvalue weighted by Gasteiger charge is 2.27. The van der Waals surface area contributed by atoms with E-state index >= 15 is 0 Å². The Morgan fingerprint density at radius 1 is 1.14 bits per heavy atom. The van der Waals surface area contributed by atoms with Crippen molar-refractivity contribution in [1.29, 1.82) is 0 Å². The molecule has 4 rings (SSSR count). The number of nitrogens with zero attached hydrogens (tertiary/aromatic N) is 2. The monoisotopic (exact) mass is 409 g/mol. The molecule has 1 saturated heterocycles. The number of fused-ring (bicyclic) bond motifs is 1.